The van der Waals surface area contributed by atoms with E-state index in [0.717, 1.165) is 12.8 Å². The van der Waals surface area contributed by atoms with Crippen molar-refractivity contribution in [3.63, 3.8) is 0 Å². The number of rotatable bonds is 5. The zero-order chi connectivity index (χ0) is 19.2. The van der Waals surface area contributed by atoms with Gasteiger partial charge in [-0.15, -0.1) is 0 Å². The fourth-order valence-electron chi connectivity index (χ4n) is 2.97. The first-order chi connectivity index (χ1) is 13.1. The largest absolute Gasteiger partial charge is 0.484 e. The molecule has 8 nitrogen and oxygen atoms in total. The zero-order valence-corrected chi connectivity index (χ0v) is 15.5. The van der Waals surface area contributed by atoms with E-state index in [2.05, 4.69) is 5.32 Å². The molecular weight excluding hydrogens is 350 g/mol. The molecule has 1 aromatic carbocycles. The number of nitrogens with zero attached hydrogens (tertiary/aromatic N) is 2. The van der Waals surface area contributed by atoms with Crippen LogP contribution in [0.1, 0.15) is 19.3 Å². The van der Waals surface area contributed by atoms with Gasteiger partial charge in [0.15, 0.2) is 6.61 Å². The van der Waals surface area contributed by atoms with Gasteiger partial charge in [-0.3, -0.25) is 9.59 Å². The number of amides is 3. The van der Waals surface area contributed by atoms with Crippen molar-refractivity contribution in [2.75, 3.05) is 45.2 Å². The lowest BCUT2D eigenvalue weighted by Gasteiger charge is -2.21. The van der Waals surface area contributed by atoms with Gasteiger partial charge in [-0.1, -0.05) is 6.07 Å². The van der Waals surface area contributed by atoms with Crippen molar-refractivity contribution in [1.29, 1.82) is 0 Å². The van der Waals surface area contributed by atoms with E-state index >= 15 is 0 Å². The lowest BCUT2D eigenvalue weighted by Crippen LogP contribution is -2.39. The number of ether oxygens (including phenoxy) is 2. The number of carbonyl (C=O) groups is 3. The van der Waals surface area contributed by atoms with Crippen molar-refractivity contribution in [2.45, 2.75) is 19.3 Å². The van der Waals surface area contributed by atoms with E-state index < -0.39 is 0 Å². The third kappa shape index (κ3) is 5.35. The molecule has 8 heteroatoms. The summed E-state index contributed by atoms with van der Waals surface area (Å²) in [5.41, 5.74) is 0.667. The minimum Gasteiger partial charge on any atom is -0.484 e. The Hall–Kier alpha value is -2.77. The Bertz CT molecular complexity index is 704. The molecule has 1 heterocycles. The quantitative estimate of drug-likeness (QED) is 0.847. The van der Waals surface area contributed by atoms with Gasteiger partial charge in [0.1, 0.15) is 5.75 Å². The molecule has 3 amide bonds. The van der Waals surface area contributed by atoms with Gasteiger partial charge in [-0.05, 0) is 31.4 Å². The third-order valence-corrected chi connectivity index (χ3v) is 4.69. The predicted octanol–water partition coefficient (Wildman–Crippen LogP) is 1.71. The monoisotopic (exact) mass is 375 g/mol. The van der Waals surface area contributed by atoms with Crippen LogP contribution in [-0.2, 0) is 14.3 Å². The number of anilines is 1. The normalized spacial score (nSPS) is 17.1. The average molecular weight is 375 g/mol. The van der Waals surface area contributed by atoms with Crippen LogP contribution in [0.25, 0.3) is 0 Å². The van der Waals surface area contributed by atoms with E-state index in [-0.39, 0.29) is 30.4 Å². The van der Waals surface area contributed by atoms with Gasteiger partial charge in [0, 0.05) is 43.9 Å². The molecule has 0 aromatic heterocycles. The lowest BCUT2D eigenvalue weighted by molar-refractivity contribution is -0.133. The molecule has 2 fully saturated rings. The van der Waals surface area contributed by atoms with Crippen LogP contribution in [0, 0.1) is 5.92 Å². The zero-order valence-electron chi connectivity index (χ0n) is 15.5. The number of carbonyl (C=O) groups excluding carboxylic acids is 3. The second-order valence-electron chi connectivity index (χ2n) is 6.77. The van der Waals surface area contributed by atoms with Gasteiger partial charge >= 0.3 is 6.09 Å². The van der Waals surface area contributed by atoms with Crippen LogP contribution in [0.15, 0.2) is 24.3 Å². The van der Waals surface area contributed by atoms with Gasteiger partial charge in [0.05, 0.1) is 7.11 Å². The summed E-state index contributed by atoms with van der Waals surface area (Å²) in [6.07, 6.45) is 2.22. The van der Waals surface area contributed by atoms with E-state index in [1.165, 1.54) is 7.11 Å². The van der Waals surface area contributed by atoms with Crippen LogP contribution in [0.3, 0.4) is 0 Å². The van der Waals surface area contributed by atoms with Gasteiger partial charge in [0.2, 0.25) is 5.91 Å². The Balaban J connectivity index is 1.48. The maximum absolute atomic E-state index is 12.4. The molecule has 0 radical (unpaired) electrons. The molecule has 0 bridgehead atoms. The maximum Gasteiger partial charge on any atom is 0.409 e. The van der Waals surface area contributed by atoms with Crippen molar-refractivity contribution in [3.8, 4) is 5.75 Å². The molecule has 1 aliphatic heterocycles. The summed E-state index contributed by atoms with van der Waals surface area (Å²) in [5, 5.41) is 2.86. The standard InChI is InChI=1S/C19H25N3O5/c1-26-19(25)22-9-3-8-21(10-11-22)17(23)13-27-16-5-2-4-15(12-16)20-18(24)14-6-7-14/h2,4-5,12,14H,3,6-11,13H2,1H3,(H,20,24). The minimum absolute atomic E-state index is 0.0305. The van der Waals surface area contributed by atoms with Crippen molar-refractivity contribution in [3.05, 3.63) is 24.3 Å². The Kier molecular flexibility index (Phi) is 6.16. The Morgan fingerprint density at radius 3 is 2.59 bits per heavy atom. The summed E-state index contributed by atoms with van der Waals surface area (Å²) in [6, 6.07) is 7.05. The topological polar surface area (TPSA) is 88.2 Å². The molecule has 1 N–H and O–H groups in total. The summed E-state index contributed by atoms with van der Waals surface area (Å²) in [5.74, 6) is 0.559. The first-order valence-corrected chi connectivity index (χ1v) is 9.21. The Morgan fingerprint density at radius 2 is 1.85 bits per heavy atom. The molecule has 1 saturated heterocycles. The van der Waals surface area contributed by atoms with Crippen LogP contribution >= 0.6 is 0 Å². The molecule has 2 aliphatic rings. The fraction of sp³-hybridized carbons (Fsp3) is 0.526. The highest BCUT2D eigenvalue weighted by atomic mass is 16.5. The first-order valence-electron chi connectivity index (χ1n) is 9.21. The van der Waals surface area contributed by atoms with E-state index in [4.69, 9.17) is 9.47 Å². The number of hydrogen-bond acceptors (Lipinski definition) is 5. The highest BCUT2D eigenvalue weighted by Gasteiger charge is 2.29. The predicted molar refractivity (Wildman–Crippen MR) is 98.5 cm³/mol. The van der Waals surface area contributed by atoms with E-state index in [1.54, 1.807) is 34.1 Å². The van der Waals surface area contributed by atoms with Gasteiger partial charge < -0.3 is 24.6 Å². The molecule has 0 atom stereocenters. The minimum atomic E-state index is -0.370. The lowest BCUT2D eigenvalue weighted by atomic mass is 10.3. The highest BCUT2D eigenvalue weighted by Crippen LogP contribution is 2.30. The smallest absolute Gasteiger partial charge is 0.409 e. The number of nitrogens with one attached hydrogen (secondary N) is 1. The van der Waals surface area contributed by atoms with E-state index in [1.807, 2.05) is 0 Å². The van der Waals surface area contributed by atoms with Crippen LogP contribution < -0.4 is 10.1 Å². The number of methoxy groups -OCH3 is 1. The first kappa shape index (κ1) is 19.0. The van der Waals surface area contributed by atoms with Crippen LogP contribution in [0.2, 0.25) is 0 Å². The van der Waals surface area contributed by atoms with Crippen LogP contribution in [0.4, 0.5) is 10.5 Å². The molecular formula is C19H25N3O5. The fourth-order valence-corrected chi connectivity index (χ4v) is 2.97. The van der Waals surface area contributed by atoms with Crippen molar-refractivity contribution in [1.82, 2.24) is 9.80 Å². The summed E-state index contributed by atoms with van der Waals surface area (Å²) >= 11 is 0. The maximum atomic E-state index is 12.4. The van der Waals surface area contributed by atoms with E-state index in [9.17, 15) is 14.4 Å². The number of hydrogen-bond donors (Lipinski definition) is 1. The third-order valence-electron chi connectivity index (χ3n) is 4.69. The van der Waals surface area contributed by atoms with Gasteiger partial charge in [-0.2, -0.15) is 0 Å². The van der Waals surface area contributed by atoms with Crippen LogP contribution in [-0.4, -0.2) is 67.6 Å². The summed E-state index contributed by atoms with van der Waals surface area (Å²) in [6.45, 7) is 1.96. The highest BCUT2D eigenvalue weighted by molar-refractivity contribution is 5.94. The summed E-state index contributed by atoms with van der Waals surface area (Å²) in [4.78, 5) is 39.2. The van der Waals surface area contributed by atoms with Crippen molar-refractivity contribution in [2.24, 2.45) is 5.92 Å². The van der Waals surface area contributed by atoms with Crippen molar-refractivity contribution >= 4 is 23.6 Å². The van der Waals surface area contributed by atoms with Crippen LogP contribution in [0.5, 0.6) is 5.75 Å². The number of benzene rings is 1. The van der Waals surface area contributed by atoms with Crippen molar-refractivity contribution < 1.29 is 23.9 Å². The van der Waals surface area contributed by atoms with E-state index in [0.29, 0.717) is 44.0 Å². The Labute approximate surface area is 158 Å². The molecule has 0 spiro atoms. The van der Waals surface area contributed by atoms with Gasteiger partial charge in [-0.25, -0.2) is 4.79 Å². The molecule has 27 heavy (non-hydrogen) atoms. The average Bonchev–Trinajstić information content (AvgIpc) is 3.52. The summed E-state index contributed by atoms with van der Waals surface area (Å²) < 4.78 is 10.3. The second kappa shape index (κ2) is 8.75. The molecule has 3 rings (SSSR count). The SMILES string of the molecule is COC(=O)N1CCCN(C(=O)COc2cccc(NC(=O)C3CC3)c2)CC1. The molecule has 1 aliphatic carbocycles. The molecule has 146 valence electrons. The van der Waals surface area contributed by atoms with Gasteiger partial charge in [0.25, 0.3) is 5.91 Å². The summed E-state index contributed by atoms with van der Waals surface area (Å²) in [7, 11) is 1.35. The second-order valence-corrected chi connectivity index (χ2v) is 6.77. The molecule has 1 saturated carbocycles. The molecule has 0 unspecified atom stereocenters. The Morgan fingerprint density at radius 1 is 1.11 bits per heavy atom. The molecule has 1 aromatic rings.